The van der Waals surface area contributed by atoms with Crippen molar-refractivity contribution in [3.05, 3.63) is 33.8 Å². The first-order valence-electron chi connectivity index (χ1n) is 7.68. The summed E-state index contributed by atoms with van der Waals surface area (Å²) in [4.78, 5) is 48.6. The van der Waals surface area contributed by atoms with Crippen LogP contribution >= 0.6 is 0 Å². The molecule has 0 N–H and O–H groups in total. The van der Waals surface area contributed by atoms with E-state index in [0.29, 0.717) is 35.2 Å². The van der Waals surface area contributed by atoms with Gasteiger partial charge in [0.15, 0.2) is 22.9 Å². The molecule has 23 heavy (non-hydrogen) atoms. The number of hydrogen-bond donors (Lipinski definition) is 0. The monoisotopic (exact) mass is 315 g/mol. The topological polar surface area (TPSA) is 86.3 Å². The third kappa shape index (κ3) is 2.34. The second-order valence-electron chi connectivity index (χ2n) is 5.78. The Morgan fingerprint density at radius 1 is 1.22 bits per heavy atom. The predicted octanol–water partition coefficient (Wildman–Crippen LogP) is 2.04. The molecule has 6 nitrogen and oxygen atoms in total. The molecule has 0 unspecified atom stereocenters. The Kier molecular flexibility index (Phi) is 3.75. The molecule has 1 aromatic carbocycles. The Labute approximate surface area is 132 Å². The van der Waals surface area contributed by atoms with Crippen LogP contribution in [0.4, 0.5) is 0 Å². The van der Waals surface area contributed by atoms with E-state index in [1.165, 1.54) is 10.6 Å². The third-order valence-electron chi connectivity index (χ3n) is 4.42. The van der Waals surface area contributed by atoms with E-state index in [1.54, 1.807) is 19.9 Å². The quantitative estimate of drug-likeness (QED) is 0.639. The van der Waals surface area contributed by atoms with Gasteiger partial charge in [0.25, 0.3) is 0 Å². The van der Waals surface area contributed by atoms with Crippen molar-refractivity contribution in [3.8, 4) is 0 Å². The Morgan fingerprint density at radius 2 is 1.87 bits per heavy atom. The van der Waals surface area contributed by atoms with Gasteiger partial charge in [-0.15, -0.1) is 0 Å². The molecule has 0 radical (unpaired) electrons. The van der Waals surface area contributed by atoms with Crippen LogP contribution in [0, 0.1) is 12.8 Å². The first-order valence-corrected chi connectivity index (χ1v) is 7.68. The predicted molar refractivity (Wildman–Crippen MR) is 82.6 cm³/mol. The van der Waals surface area contributed by atoms with Crippen molar-refractivity contribution in [3.63, 3.8) is 0 Å². The van der Waals surface area contributed by atoms with Crippen LogP contribution in [0.2, 0.25) is 0 Å². The minimum atomic E-state index is -1.20. The van der Waals surface area contributed by atoms with Crippen LogP contribution < -0.4 is 5.76 Å². The van der Waals surface area contributed by atoms with Gasteiger partial charge in [-0.2, -0.15) is 0 Å². The zero-order valence-electron chi connectivity index (χ0n) is 13.0. The average molecular weight is 315 g/mol. The van der Waals surface area contributed by atoms with Crippen LogP contribution in [0.3, 0.4) is 0 Å². The fourth-order valence-electron chi connectivity index (χ4n) is 3.24. The molecule has 1 aliphatic rings. The summed E-state index contributed by atoms with van der Waals surface area (Å²) >= 11 is 0. The maximum Gasteiger partial charge on any atom is 0.419 e. The van der Waals surface area contributed by atoms with Gasteiger partial charge >= 0.3 is 5.76 Å². The molecule has 1 aromatic heterocycles. The summed E-state index contributed by atoms with van der Waals surface area (Å²) in [5.74, 6) is -2.79. The summed E-state index contributed by atoms with van der Waals surface area (Å²) in [5, 5.41) is 0. The van der Waals surface area contributed by atoms with Gasteiger partial charge in [-0.25, -0.2) is 4.79 Å². The molecule has 0 aliphatic heterocycles. The molecule has 120 valence electrons. The number of aromatic nitrogens is 1. The molecule has 2 aromatic rings. The molecular weight excluding hydrogens is 298 g/mol. The molecule has 0 bridgehead atoms. The van der Waals surface area contributed by atoms with E-state index < -0.39 is 17.5 Å². The first-order chi connectivity index (χ1) is 11.0. The largest absolute Gasteiger partial charge is 0.419 e. The third-order valence-corrected chi connectivity index (χ3v) is 4.42. The number of hydrogen-bond acceptors (Lipinski definition) is 5. The number of fused-ring (bicyclic) bond motifs is 1. The summed E-state index contributed by atoms with van der Waals surface area (Å²) < 4.78 is 6.59. The summed E-state index contributed by atoms with van der Waals surface area (Å²) in [6, 6.07) is 3.07. The molecule has 0 spiro atoms. The Hall–Kier alpha value is -2.50. The summed E-state index contributed by atoms with van der Waals surface area (Å²) in [7, 11) is 0. The fraction of sp³-hybridized carbons (Fsp3) is 0.412. The van der Waals surface area contributed by atoms with Crippen molar-refractivity contribution >= 4 is 28.4 Å². The van der Waals surface area contributed by atoms with Crippen LogP contribution in [0.15, 0.2) is 21.3 Å². The smallest absolute Gasteiger partial charge is 0.408 e. The highest BCUT2D eigenvalue weighted by Gasteiger charge is 2.37. The van der Waals surface area contributed by atoms with Gasteiger partial charge in [0.1, 0.15) is 5.92 Å². The minimum Gasteiger partial charge on any atom is -0.408 e. The summed E-state index contributed by atoms with van der Waals surface area (Å²) in [6.07, 6.45) is 1.03. The Balaban J connectivity index is 2.14. The molecule has 0 amide bonds. The lowest BCUT2D eigenvalue weighted by Crippen LogP contribution is -2.35. The molecule has 1 aliphatic carbocycles. The van der Waals surface area contributed by atoms with Gasteiger partial charge in [0.05, 0.1) is 5.52 Å². The maximum absolute atomic E-state index is 12.7. The number of ketones is 3. The number of carbonyl (C=O) groups excluding carboxylic acids is 3. The van der Waals surface area contributed by atoms with E-state index in [-0.39, 0.29) is 24.4 Å². The molecule has 0 atom stereocenters. The van der Waals surface area contributed by atoms with Gasteiger partial charge in [-0.1, -0.05) is 0 Å². The van der Waals surface area contributed by atoms with Crippen molar-refractivity contribution in [2.24, 2.45) is 5.92 Å². The normalized spacial score (nSPS) is 16.3. The maximum atomic E-state index is 12.7. The highest BCUT2D eigenvalue weighted by molar-refractivity contribution is 6.25. The van der Waals surface area contributed by atoms with Gasteiger partial charge in [0, 0.05) is 24.9 Å². The lowest BCUT2D eigenvalue weighted by molar-refractivity contribution is -0.133. The van der Waals surface area contributed by atoms with Crippen LogP contribution in [0.25, 0.3) is 11.1 Å². The van der Waals surface area contributed by atoms with Crippen LogP contribution in [0.5, 0.6) is 0 Å². The summed E-state index contributed by atoms with van der Waals surface area (Å²) in [5.41, 5.74) is 1.80. The molecular formula is C17H17NO5. The van der Waals surface area contributed by atoms with E-state index in [9.17, 15) is 19.2 Å². The number of oxazole rings is 1. The Morgan fingerprint density at radius 3 is 2.48 bits per heavy atom. The lowest BCUT2D eigenvalue weighted by atomic mass is 9.81. The molecule has 0 saturated heterocycles. The van der Waals surface area contributed by atoms with Crippen molar-refractivity contribution in [1.29, 1.82) is 0 Å². The number of aryl methyl sites for hydroxylation is 2. The van der Waals surface area contributed by atoms with Crippen LogP contribution in [-0.4, -0.2) is 21.9 Å². The summed E-state index contributed by atoms with van der Waals surface area (Å²) in [6.45, 7) is 3.92. The molecule has 6 heteroatoms. The lowest BCUT2D eigenvalue weighted by Gasteiger charge is -2.19. The van der Waals surface area contributed by atoms with E-state index in [2.05, 4.69) is 0 Å². The van der Waals surface area contributed by atoms with Crippen LogP contribution in [0.1, 0.15) is 42.1 Å². The second kappa shape index (κ2) is 5.61. The number of nitrogens with zero attached hydrogens (tertiary/aromatic N) is 1. The van der Waals surface area contributed by atoms with E-state index in [0.717, 1.165) is 0 Å². The number of carbonyl (C=O) groups is 3. The fourth-order valence-corrected chi connectivity index (χ4v) is 3.24. The second-order valence-corrected chi connectivity index (χ2v) is 5.78. The van der Waals surface area contributed by atoms with Crippen molar-refractivity contribution in [2.45, 2.75) is 39.7 Å². The van der Waals surface area contributed by atoms with Gasteiger partial charge in [-0.3, -0.25) is 19.0 Å². The van der Waals surface area contributed by atoms with E-state index in [1.807, 2.05) is 0 Å². The molecule has 1 fully saturated rings. The van der Waals surface area contributed by atoms with E-state index >= 15 is 0 Å². The Bertz CT molecular complexity index is 870. The highest BCUT2D eigenvalue weighted by Crippen LogP contribution is 2.27. The molecule has 3 rings (SSSR count). The zero-order chi connectivity index (χ0) is 16.7. The van der Waals surface area contributed by atoms with Crippen LogP contribution in [-0.2, 0) is 16.1 Å². The molecule has 1 saturated carbocycles. The molecule has 1 heterocycles. The standard InChI is InChI=1S/C17H17NO5/c1-3-18-15-9(2)10(7-8-13(15)23-17(18)22)16(21)14-11(19)5-4-6-12(14)20/h7-8,14H,3-6H2,1-2H3. The van der Waals surface area contributed by atoms with Crippen molar-refractivity contribution in [2.75, 3.05) is 0 Å². The zero-order valence-corrected chi connectivity index (χ0v) is 13.0. The number of Topliss-reactive ketones (excluding diaryl/α,β-unsaturated/α-hetero) is 3. The van der Waals surface area contributed by atoms with Gasteiger partial charge in [0.2, 0.25) is 0 Å². The van der Waals surface area contributed by atoms with Gasteiger partial charge < -0.3 is 4.42 Å². The van der Waals surface area contributed by atoms with Crippen molar-refractivity contribution in [1.82, 2.24) is 4.57 Å². The van der Waals surface area contributed by atoms with Gasteiger partial charge in [-0.05, 0) is 38.0 Å². The SMILES string of the molecule is CCn1c(=O)oc2ccc(C(=O)C3C(=O)CCCC3=O)c(C)c21. The average Bonchev–Trinajstić information content (AvgIpc) is 2.83. The number of rotatable bonds is 3. The van der Waals surface area contributed by atoms with Crippen molar-refractivity contribution < 1.29 is 18.8 Å². The number of benzene rings is 1. The highest BCUT2D eigenvalue weighted by atomic mass is 16.4. The first kappa shape index (κ1) is 15.4. The minimum absolute atomic E-state index is 0.259. The van der Waals surface area contributed by atoms with E-state index in [4.69, 9.17) is 4.42 Å².